The number of aryl methyl sites for hydroxylation is 1. The van der Waals surface area contributed by atoms with Crippen LogP contribution in [0.4, 0.5) is 13.2 Å². The number of pyridine rings is 2. The first-order valence-electron chi connectivity index (χ1n) is 11.2. The van der Waals surface area contributed by atoms with Crippen molar-refractivity contribution in [2.24, 2.45) is 7.05 Å². The zero-order valence-corrected chi connectivity index (χ0v) is 18.3. The van der Waals surface area contributed by atoms with Crippen molar-refractivity contribution in [2.75, 3.05) is 0 Å². The minimum absolute atomic E-state index is 0.0942. The quantitative estimate of drug-likeness (QED) is 0.403. The predicted molar refractivity (Wildman–Crippen MR) is 118 cm³/mol. The van der Waals surface area contributed by atoms with Crippen LogP contribution in [0, 0.1) is 17.5 Å². The lowest BCUT2D eigenvalue weighted by Gasteiger charge is -2.45. The van der Waals surface area contributed by atoms with E-state index in [1.54, 1.807) is 36.1 Å². The van der Waals surface area contributed by atoms with Gasteiger partial charge in [0.2, 0.25) is 0 Å². The molecule has 0 spiro atoms. The molecule has 0 saturated carbocycles. The number of fused-ring (bicyclic) bond motifs is 5. The molecule has 5 heterocycles. The van der Waals surface area contributed by atoms with Gasteiger partial charge in [-0.15, -0.1) is 0 Å². The van der Waals surface area contributed by atoms with Crippen molar-refractivity contribution in [3.63, 3.8) is 0 Å². The monoisotopic (exact) mass is 463 g/mol. The average molecular weight is 463 g/mol. The number of carbonyl (C=O) groups is 1. The Labute approximate surface area is 193 Å². The van der Waals surface area contributed by atoms with E-state index >= 15 is 0 Å². The van der Waals surface area contributed by atoms with Gasteiger partial charge >= 0.3 is 0 Å². The lowest BCUT2D eigenvalue weighted by Crippen LogP contribution is -2.50. The molecule has 1 fully saturated rings. The average Bonchev–Trinajstić information content (AvgIpc) is 3.16. The van der Waals surface area contributed by atoms with E-state index in [4.69, 9.17) is 0 Å². The van der Waals surface area contributed by atoms with Gasteiger partial charge in [0.15, 0.2) is 17.5 Å². The second-order valence-corrected chi connectivity index (χ2v) is 8.85. The van der Waals surface area contributed by atoms with Gasteiger partial charge < -0.3 is 4.90 Å². The maximum atomic E-state index is 14.0. The molecule has 2 aliphatic heterocycles. The summed E-state index contributed by atoms with van der Waals surface area (Å²) < 4.78 is 43.1. The summed E-state index contributed by atoms with van der Waals surface area (Å²) in [5, 5.41) is 4.66. The Balaban J connectivity index is 1.42. The predicted octanol–water partition coefficient (Wildman–Crippen LogP) is 4.74. The molecule has 2 atom stereocenters. The number of halogens is 3. The molecule has 1 amide bonds. The first-order chi connectivity index (χ1) is 16.4. The summed E-state index contributed by atoms with van der Waals surface area (Å²) in [6, 6.07) is 8.71. The molecular formula is C25H20F3N5O. The molecule has 0 unspecified atom stereocenters. The number of amides is 1. The molecule has 6 rings (SSSR count). The summed E-state index contributed by atoms with van der Waals surface area (Å²) in [6.45, 7) is 0. The van der Waals surface area contributed by atoms with Gasteiger partial charge in [-0.3, -0.25) is 14.5 Å². The van der Waals surface area contributed by atoms with Gasteiger partial charge in [0.1, 0.15) is 5.69 Å². The van der Waals surface area contributed by atoms with E-state index in [1.165, 1.54) is 0 Å². The summed E-state index contributed by atoms with van der Waals surface area (Å²) >= 11 is 0. The second kappa shape index (κ2) is 7.65. The van der Waals surface area contributed by atoms with Crippen LogP contribution < -0.4 is 0 Å². The van der Waals surface area contributed by atoms with Crippen molar-refractivity contribution in [1.82, 2.24) is 24.6 Å². The van der Waals surface area contributed by atoms with Gasteiger partial charge in [0, 0.05) is 30.4 Å². The second-order valence-electron chi connectivity index (χ2n) is 8.85. The third-order valence-electron chi connectivity index (χ3n) is 6.84. The summed E-state index contributed by atoms with van der Waals surface area (Å²) in [6.07, 6.45) is 4.65. The Morgan fingerprint density at radius 2 is 1.85 bits per heavy atom. The Kier molecular flexibility index (Phi) is 4.68. The van der Waals surface area contributed by atoms with Gasteiger partial charge in [0.05, 0.1) is 28.5 Å². The van der Waals surface area contributed by atoms with Crippen LogP contribution in [0.2, 0.25) is 0 Å². The van der Waals surface area contributed by atoms with Crippen LogP contribution >= 0.6 is 0 Å². The first-order valence-corrected chi connectivity index (χ1v) is 11.2. The highest BCUT2D eigenvalue weighted by atomic mass is 19.2. The number of hydrogen-bond donors (Lipinski definition) is 0. The van der Waals surface area contributed by atoms with Crippen LogP contribution in [0.5, 0.6) is 0 Å². The number of aromatic nitrogens is 4. The number of nitrogens with zero attached hydrogens (tertiary/aromatic N) is 5. The molecule has 0 N–H and O–H groups in total. The van der Waals surface area contributed by atoms with Gasteiger partial charge in [-0.25, -0.2) is 18.2 Å². The van der Waals surface area contributed by atoms with E-state index in [9.17, 15) is 18.0 Å². The van der Waals surface area contributed by atoms with E-state index in [2.05, 4.69) is 15.1 Å². The molecule has 1 aromatic carbocycles. The molecule has 6 nitrogen and oxygen atoms in total. The van der Waals surface area contributed by atoms with E-state index < -0.39 is 17.5 Å². The molecule has 9 heteroatoms. The van der Waals surface area contributed by atoms with Crippen molar-refractivity contribution in [3.05, 3.63) is 77.0 Å². The molecule has 172 valence electrons. The van der Waals surface area contributed by atoms with Gasteiger partial charge in [-0.05, 0) is 62.1 Å². The van der Waals surface area contributed by atoms with Gasteiger partial charge in [-0.1, -0.05) is 0 Å². The molecule has 34 heavy (non-hydrogen) atoms. The molecule has 2 aliphatic rings. The third kappa shape index (κ3) is 3.10. The lowest BCUT2D eigenvalue weighted by atomic mass is 9.81. The Bertz CT molecular complexity index is 1440. The minimum Gasteiger partial charge on any atom is -0.325 e. The highest BCUT2D eigenvalue weighted by Gasteiger charge is 2.44. The number of piperidine rings is 1. The molecule has 4 aromatic rings. The molecular weight excluding hydrogens is 443 g/mol. The summed E-state index contributed by atoms with van der Waals surface area (Å²) in [5.41, 5.74) is 4.06. The maximum absolute atomic E-state index is 14.0. The standard InChI is InChI=1S/C25H20F3N5O/c1-32-24(13-10-16(26)22(28)17(27)11-13)15-12-14-4-2-6-21(23(15)31-32)33(14)25(34)20-8-7-18-19(30-20)5-3-9-29-18/h3,5,7-11,14,21H,2,4,6,12H2,1H3/t14-,21+/m1/s1. The smallest absolute Gasteiger partial charge is 0.273 e. The molecule has 2 bridgehead atoms. The molecule has 0 radical (unpaired) electrons. The molecule has 3 aromatic heterocycles. The fourth-order valence-corrected chi connectivity index (χ4v) is 5.41. The lowest BCUT2D eigenvalue weighted by molar-refractivity contribution is 0.0386. The Hall–Kier alpha value is -3.75. The van der Waals surface area contributed by atoms with E-state index in [-0.39, 0.29) is 23.6 Å². The Morgan fingerprint density at radius 3 is 2.65 bits per heavy atom. The summed E-state index contributed by atoms with van der Waals surface area (Å²) in [5.74, 6) is -4.15. The minimum atomic E-state index is -1.49. The third-order valence-corrected chi connectivity index (χ3v) is 6.84. The largest absolute Gasteiger partial charge is 0.325 e. The fraction of sp³-hybridized carbons (Fsp3) is 0.280. The van der Waals surface area contributed by atoms with Crippen LogP contribution in [0.3, 0.4) is 0 Å². The van der Waals surface area contributed by atoms with Crippen LogP contribution in [0.25, 0.3) is 22.3 Å². The van der Waals surface area contributed by atoms with Crippen molar-refractivity contribution >= 4 is 16.9 Å². The molecule has 0 aliphatic carbocycles. The zero-order chi connectivity index (χ0) is 23.6. The highest BCUT2D eigenvalue weighted by molar-refractivity contribution is 5.95. The number of carbonyl (C=O) groups excluding carboxylic acids is 1. The highest BCUT2D eigenvalue weighted by Crippen LogP contribution is 2.45. The SMILES string of the molecule is Cn1nc2c(c1-c1cc(F)c(F)c(F)c1)C[C@H]1CCC[C@@H]2N1C(=O)c1ccc2ncccc2n1. The van der Waals surface area contributed by atoms with Crippen LogP contribution in [0.15, 0.2) is 42.6 Å². The maximum Gasteiger partial charge on any atom is 0.273 e. The molecule has 1 saturated heterocycles. The van der Waals surface area contributed by atoms with Gasteiger partial charge in [0.25, 0.3) is 5.91 Å². The number of hydrogen-bond acceptors (Lipinski definition) is 4. The fourth-order valence-electron chi connectivity index (χ4n) is 5.41. The van der Waals surface area contributed by atoms with Gasteiger partial charge in [-0.2, -0.15) is 5.10 Å². The van der Waals surface area contributed by atoms with Crippen LogP contribution in [-0.2, 0) is 13.5 Å². The van der Waals surface area contributed by atoms with Crippen LogP contribution in [-0.4, -0.2) is 36.6 Å². The van der Waals surface area contributed by atoms with Crippen molar-refractivity contribution in [2.45, 2.75) is 37.8 Å². The van der Waals surface area contributed by atoms with E-state index in [0.29, 0.717) is 28.8 Å². The van der Waals surface area contributed by atoms with Crippen LogP contribution in [0.1, 0.15) is 47.1 Å². The number of benzene rings is 1. The topological polar surface area (TPSA) is 63.9 Å². The van der Waals surface area contributed by atoms with E-state index in [0.717, 1.165) is 42.7 Å². The van der Waals surface area contributed by atoms with Crippen molar-refractivity contribution < 1.29 is 18.0 Å². The number of rotatable bonds is 2. The van der Waals surface area contributed by atoms with Crippen molar-refractivity contribution in [3.8, 4) is 11.3 Å². The zero-order valence-electron chi connectivity index (χ0n) is 18.3. The van der Waals surface area contributed by atoms with Crippen molar-refractivity contribution in [1.29, 1.82) is 0 Å². The first kappa shape index (κ1) is 20.8. The Morgan fingerprint density at radius 1 is 1.06 bits per heavy atom. The normalized spacial score (nSPS) is 19.4. The summed E-state index contributed by atoms with van der Waals surface area (Å²) in [7, 11) is 1.70. The summed E-state index contributed by atoms with van der Waals surface area (Å²) in [4.78, 5) is 24.3. The van der Waals surface area contributed by atoms with E-state index in [1.807, 2.05) is 11.0 Å².